The van der Waals surface area contributed by atoms with E-state index in [4.69, 9.17) is 0 Å². The molecule has 0 saturated carbocycles. The van der Waals surface area contributed by atoms with E-state index in [1.807, 2.05) is 0 Å². The molecule has 0 N–H and O–H groups in total. The van der Waals surface area contributed by atoms with Gasteiger partial charge >= 0.3 is 26.2 Å². The van der Waals surface area contributed by atoms with Crippen LogP contribution in [-0.2, 0) is 26.2 Å². The second kappa shape index (κ2) is 14.9. The Morgan fingerprint density at radius 2 is 1.36 bits per heavy atom. The van der Waals surface area contributed by atoms with Crippen molar-refractivity contribution in [2.75, 3.05) is 0 Å². The van der Waals surface area contributed by atoms with Crippen molar-refractivity contribution >= 4 is 47.9 Å². The zero-order chi connectivity index (χ0) is 26.9. The Labute approximate surface area is 284 Å². The summed E-state index contributed by atoms with van der Waals surface area (Å²) < 4.78 is 0. The molecule has 1 unspecified atom stereocenters. The number of aryl methyl sites for hydroxylation is 1. The smallest absolute Gasteiger partial charge is 1.00 e. The Morgan fingerprint density at radius 3 is 2.12 bits per heavy atom. The molecular weight excluding hydrogens is 647 g/mol. The van der Waals surface area contributed by atoms with E-state index in [0.29, 0.717) is 5.92 Å². The summed E-state index contributed by atoms with van der Waals surface area (Å²) in [7, 11) is 1.08. The molecule has 0 nitrogen and oxygen atoms in total. The molecule has 42 heavy (non-hydrogen) atoms. The third kappa shape index (κ3) is 6.02. The monoisotopic (exact) mass is 679 g/mol. The fourth-order valence-corrected chi connectivity index (χ4v) is 6.55. The zero-order valence-corrected chi connectivity index (χ0v) is 29.6. The van der Waals surface area contributed by atoms with Gasteiger partial charge in [-0.05, 0) is 51.9 Å². The summed E-state index contributed by atoms with van der Waals surface area (Å²) in [5.41, 5.74) is 9.89. The summed E-state index contributed by atoms with van der Waals surface area (Å²) in [6.07, 6.45) is 4.78. The summed E-state index contributed by atoms with van der Waals surface area (Å²) in [4.78, 5) is 0. The fraction of sp³-hybridized carbons (Fsp3) is 0.184. The molecule has 0 aromatic heterocycles. The minimum Gasteiger partial charge on any atom is -1.00 e. The van der Waals surface area contributed by atoms with Gasteiger partial charge in [0, 0.05) is 15.4 Å². The maximum atomic E-state index is 2.52. The van der Waals surface area contributed by atoms with Gasteiger partial charge in [0.05, 0.1) is 0 Å². The van der Waals surface area contributed by atoms with Gasteiger partial charge in [0.1, 0.15) is 0 Å². The minimum atomic E-state index is 0. The van der Waals surface area contributed by atoms with Crippen LogP contribution in [0.15, 0.2) is 109 Å². The standard InChI is InChI=1S/C36H29.C2H6Si.2ClH.Zr/c1-3-10-26-22-34-30(35-23(2)19-20-24-11-4-7-14-28(24)35)16-9-18-32(34)36(26)31-17-8-15-29-27-13-6-5-12-25(27)21-33(29)31;1-3-2;;;/h4-9,11-22,36H,3,10H2,1-2H3;1-2H3;2*1H;/q-1;;;;+3/p-2. The molecule has 0 aliphatic heterocycles. The third-order valence-corrected chi connectivity index (χ3v) is 8.10. The van der Waals surface area contributed by atoms with Crippen LogP contribution in [0.3, 0.4) is 0 Å². The predicted octanol–water partition coefficient (Wildman–Crippen LogP) is 4.96. The maximum absolute atomic E-state index is 2.52. The van der Waals surface area contributed by atoms with Gasteiger partial charge < -0.3 is 24.8 Å². The zero-order valence-electron chi connectivity index (χ0n) is 24.6. The van der Waals surface area contributed by atoms with Gasteiger partial charge in [-0.1, -0.05) is 135 Å². The fourth-order valence-electron chi connectivity index (χ4n) is 6.55. The molecule has 4 heteroatoms. The molecule has 1 atom stereocenters. The van der Waals surface area contributed by atoms with E-state index < -0.39 is 0 Å². The van der Waals surface area contributed by atoms with E-state index in [0.717, 1.165) is 22.4 Å². The Morgan fingerprint density at radius 1 is 0.714 bits per heavy atom. The molecule has 0 saturated heterocycles. The molecule has 0 bridgehead atoms. The number of allylic oxidation sites excluding steroid dienone is 1. The van der Waals surface area contributed by atoms with Crippen molar-refractivity contribution in [2.24, 2.45) is 0 Å². The summed E-state index contributed by atoms with van der Waals surface area (Å²) in [6.45, 7) is 8.86. The van der Waals surface area contributed by atoms with Crippen molar-refractivity contribution < 1.29 is 51.0 Å². The maximum Gasteiger partial charge on any atom is 3.00 e. The van der Waals surface area contributed by atoms with E-state index >= 15 is 0 Å². The van der Waals surface area contributed by atoms with Crippen LogP contribution in [0.25, 0.3) is 49.5 Å². The Bertz CT molecular complexity index is 1850. The van der Waals surface area contributed by atoms with Crippen molar-refractivity contribution in [3.8, 4) is 11.1 Å². The topological polar surface area (TPSA) is 0 Å². The van der Waals surface area contributed by atoms with Crippen LogP contribution in [0.5, 0.6) is 0 Å². The largest absolute Gasteiger partial charge is 3.00 e. The Hall–Kier alpha value is -2.35. The van der Waals surface area contributed by atoms with Crippen LogP contribution in [0.1, 0.15) is 47.9 Å². The summed E-state index contributed by atoms with van der Waals surface area (Å²) >= 11 is 0. The van der Waals surface area contributed by atoms with Crippen molar-refractivity contribution in [3.63, 3.8) is 0 Å². The first-order chi connectivity index (χ1) is 19.2. The molecule has 0 amide bonds. The molecule has 0 spiro atoms. The molecular formula is C38H35Cl2SiZr. The van der Waals surface area contributed by atoms with Gasteiger partial charge in [-0.3, -0.25) is 0 Å². The molecule has 1 aliphatic rings. The van der Waals surface area contributed by atoms with Crippen LogP contribution in [0.4, 0.5) is 0 Å². The average molecular weight is 682 g/mol. The van der Waals surface area contributed by atoms with E-state index in [1.54, 1.807) is 0 Å². The van der Waals surface area contributed by atoms with Gasteiger partial charge in [-0.15, -0.1) is 33.7 Å². The van der Waals surface area contributed by atoms with Crippen molar-refractivity contribution in [2.45, 2.75) is 45.7 Å². The Balaban J connectivity index is 0.000000776. The Kier molecular flexibility index (Phi) is 12.1. The number of hydrogen-bond donors (Lipinski definition) is 0. The van der Waals surface area contributed by atoms with Crippen LogP contribution in [-0.4, -0.2) is 9.52 Å². The molecule has 7 rings (SSSR count). The first kappa shape index (κ1) is 34.1. The summed E-state index contributed by atoms with van der Waals surface area (Å²) in [5, 5.41) is 8.09. The quantitative estimate of drug-likeness (QED) is 0.182. The molecule has 6 aromatic carbocycles. The predicted molar refractivity (Wildman–Crippen MR) is 173 cm³/mol. The number of benzene rings is 5. The number of rotatable bonds is 4. The molecule has 0 fully saturated rings. The van der Waals surface area contributed by atoms with Crippen LogP contribution < -0.4 is 24.8 Å². The molecule has 1 aliphatic carbocycles. The van der Waals surface area contributed by atoms with E-state index in [-0.39, 0.29) is 51.0 Å². The molecule has 6 aromatic rings. The second-order valence-electron chi connectivity index (χ2n) is 10.7. The molecule has 209 valence electrons. The van der Waals surface area contributed by atoms with E-state index in [9.17, 15) is 0 Å². The minimum absolute atomic E-state index is 0. The third-order valence-electron chi connectivity index (χ3n) is 8.10. The van der Waals surface area contributed by atoms with Gasteiger partial charge in [0.2, 0.25) is 0 Å². The van der Waals surface area contributed by atoms with E-state index in [1.165, 1.54) is 71.3 Å². The van der Waals surface area contributed by atoms with Crippen LogP contribution in [0.2, 0.25) is 13.1 Å². The molecule has 3 radical (unpaired) electrons. The SMILES string of the molecule is CCCC1=Cc2c(-c3c(C)ccc4ccccc34)cccc2C1c1cccc2c1[cH-]c1ccccc12.C[Si]C.[Cl-].[Cl-].[Zr+3]. The van der Waals surface area contributed by atoms with Crippen LogP contribution in [0, 0.1) is 6.92 Å². The molecule has 0 heterocycles. The van der Waals surface area contributed by atoms with Crippen molar-refractivity contribution in [1.82, 2.24) is 0 Å². The summed E-state index contributed by atoms with van der Waals surface area (Å²) in [5.74, 6) is 0.302. The van der Waals surface area contributed by atoms with Crippen molar-refractivity contribution in [3.05, 3.63) is 131 Å². The van der Waals surface area contributed by atoms with Gasteiger partial charge in [0.25, 0.3) is 0 Å². The summed E-state index contributed by atoms with van der Waals surface area (Å²) in [6, 6.07) is 38.4. The number of halogens is 2. The van der Waals surface area contributed by atoms with Gasteiger partial charge in [-0.2, -0.15) is 0 Å². The normalized spacial score (nSPS) is 13.3. The first-order valence-corrected chi connectivity index (χ1v) is 16.1. The average Bonchev–Trinajstić information content (AvgIpc) is 3.52. The first-order valence-electron chi connectivity index (χ1n) is 14.1. The number of fused-ring (bicyclic) bond motifs is 5. The van der Waals surface area contributed by atoms with Crippen molar-refractivity contribution in [1.29, 1.82) is 0 Å². The number of hydrogen-bond acceptors (Lipinski definition) is 0. The van der Waals surface area contributed by atoms with Crippen LogP contribution >= 0.6 is 0 Å². The van der Waals surface area contributed by atoms with Gasteiger partial charge in [-0.25, -0.2) is 0 Å². The van der Waals surface area contributed by atoms with E-state index in [2.05, 4.69) is 136 Å². The second-order valence-corrected chi connectivity index (χ2v) is 11.7. The van der Waals surface area contributed by atoms with Gasteiger partial charge in [0.15, 0.2) is 0 Å².